The minimum Gasteiger partial charge on any atom is -0.298 e. The molecule has 1 aliphatic rings. The van der Waals surface area contributed by atoms with Gasteiger partial charge < -0.3 is 0 Å². The quantitative estimate of drug-likeness (QED) is 0.623. The van der Waals surface area contributed by atoms with Crippen molar-refractivity contribution >= 4 is 32.4 Å². The first-order valence-corrected chi connectivity index (χ1v) is 11.9. The van der Waals surface area contributed by atoms with Gasteiger partial charge in [-0.2, -0.15) is 0 Å². The van der Waals surface area contributed by atoms with Crippen molar-refractivity contribution in [2.45, 2.75) is 31.2 Å². The Morgan fingerprint density at radius 1 is 1.31 bits per heavy atom. The van der Waals surface area contributed by atoms with Crippen LogP contribution in [0.25, 0.3) is 0 Å². The third-order valence-corrected chi connectivity index (χ3v) is 7.12. The highest BCUT2D eigenvalue weighted by Crippen LogP contribution is 2.21. The fourth-order valence-electron chi connectivity index (χ4n) is 3.09. The molecule has 3 rings (SSSR count). The fraction of sp³-hybridized carbons (Fsp3) is 0.400. The molecule has 1 amide bonds. The average Bonchev–Trinajstić information content (AvgIpc) is 3.15. The minimum atomic E-state index is -3.61. The van der Waals surface area contributed by atoms with E-state index in [1.807, 2.05) is 5.38 Å². The van der Waals surface area contributed by atoms with Crippen LogP contribution in [0.1, 0.15) is 35.8 Å². The van der Waals surface area contributed by atoms with Crippen LogP contribution >= 0.6 is 11.3 Å². The van der Waals surface area contributed by atoms with Crippen LogP contribution in [0.2, 0.25) is 0 Å². The van der Waals surface area contributed by atoms with Gasteiger partial charge in [0.15, 0.2) is 5.13 Å². The van der Waals surface area contributed by atoms with Crippen molar-refractivity contribution < 1.29 is 13.2 Å². The predicted octanol–water partition coefficient (Wildman–Crippen LogP) is 3.09. The molecule has 1 aliphatic heterocycles. The van der Waals surface area contributed by atoms with Gasteiger partial charge in [-0.25, -0.2) is 18.1 Å². The van der Waals surface area contributed by atoms with Gasteiger partial charge in [0, 0.05) is 24.0 Å². The zero-order valence-corrected chi connectivity index (χ0v) is 18.1. The topological polar surface area (TPSA) is 91.4 Å². The SMILES string of the molecule is C=CCNS(=O)(=O)c1ccc(C(=O)Nc2nc(CN3CCC(C)CC3)cs2)cc1. The van der Waals surface area contributed by atoms with Crippen LogP contribution in [0.15, 0.2) is 47.2 Å². The Bertz CT molecular complexity index is 946. The third-order valence-electron chi connectivity index (χ3n) is 4.88. The molecule has 0 aliphatic carbocycles. The Labute approximate surface area is 175 Å². The lowest BCUT2D eigenvalue weighted by molar-refractivity contribution is 0.102. The van der Waals surface area contributed by atoms with Gasteiger partial charge in [-0.05, 0) is 56.1 Å². The lowest BCUT2D eigenvalue weighted by atomic mass is 9.99. The number of thiazole rings is 1. The van der Waals surface area contributed by atoms with Gasteiger partial charge in [0.05, 0.1) is 10.6 Å². The molecule has 0 bridgehead atoms. The molecule has 0 saturated carbocycles. The Kier molecular flexibility index (Phi) is 7.18. The number of anilines is 1. The summed E-state index contributed by atoms with van der Waals surface area (Å²) < 4.78 is 26.5. The molecule has 0 unspecified atom stereocenters. The number of carbonyl (C=O) groups is 1. The molecule has 1 saturated heterocycles. The molecule has 7 nitrogen and oxygen atoms in total. The van der Waals surface area contributed by atoms with Crippen molar-refractivity contribution in [3.63, 3.8) is 0 Å². The summed E-state index contributed by atoms with van der Waals surface area (Å²) in [7, 11) is -3.61. The number of aromatic nitrogens is 1. The van der Waals surface area contributed by atoms with Crippen molar-refractivity contribution in [2.24, 2.45) is 5.92 Å². The van der Waals surface area contributed by atoms with Gasteiger partial charge >= 0.3 is 0 Å². The largest absolute Gasteiger partial charge is 0.298 e. The molecule has 1 fully saturated rings. The Balaban J connectivity index is 1.58. The molecular weight excluding hydrogens is 408 g/mol. The maximum absolute atomic E-state index is 12.4. The molecule has 29 heavy (non-hydrogen) atoms. The van der Waals surface area contributed by atoms with Gasteiger partial charge in [-0.15, -0.1) is 17.9 Å². The first-order valence-electron chi connectivity index (χ1n) is 9.56. The lowest BCUT2D eigenvalue weighted by Gasteiger charge is -2.29. The van der Waals surface area contributed by atoms with E-state index in [0.29, 0.717) is 10.7 Å². The zero-order valence-electron chi connectivity index (χ0n) is 16.4. The highest BCUT2D eigenvalue weighted by Gasteiger charge is 2.18. The van der Waals surface area contributed by atoms with E-state index in [1.165, 1.54) is 54.5 Å². The van der Waals surface area contributed by atoms with E-state index in [0.717, 1.165) is 31.2 Å². The van der Waals surface area contributed by atoms with E-state index >= 15 is 0 Å². The summed E-state index contributed by atoms with van der Waals surface area (Å²) in [6, 6.07) is 5.79. The number of hydrogen-bond donors (Lipinski definition) is 2. The van der Waals surface area contributed by atoms with Gasteiger partial charge in [0.25, 0.3) is 5.91 Å². The number of nitrogens with zero attached hydrogens (tertiary/aromatic N) is 2. The maximum atomic E-state index is 12.4. The first-order chi connectivity index (χ1) is 13.9. The Morgan fingerprint density at radius 3 is 2.66 bits per heavy atom. The van der Waals surface area contributed by atoms with Crippen LogP contribution < -0.4 is 10.0 Å². The van der Waals surface area contributed by atoms with Gasteiger partial charge in [0.2, 0.25) is 10.0 Å². The van der Waals surface area contributed by atoms with E-state index in [9.17, 15) is 13.2 Å². The summed E-state index contributed by atoms with van der Waals surface area (Å²) in [6.45, 7) is 8.87. The van der Waals surface area contributed by atoms with Crippen molar-refractivity contribution in [3.05, 3.63) is 53.6 Å². The molecule has 2 heterocycles. The summed E-state index contributed by atoms with van der Waals surface area (Å²) in [5.74, 6) is 0.469. The molecule has 156 valence electrons. The number of likely N-dealkylation sites (tertiary alicyclic amines) is 1. The van der Waals surface area contributed by atoms with E-state index in [1.54, 1.807) is 0 Å². The number of sulfonamides is 1. The van der Waals surface area contributed by atoms with Crippen LogP contribution in [-0.4, -0.2) is 43.8 Å². The number of benzene rings is 1. The molecule has 0 radical (unpaired) electrons. The van der Waals surface area contributed by atoms with E-state index in [4.69, 9.17) is 0 Å². The predicted molar refractivity (Wildman–Crippen MR) is 116 cm³/mol. The second-order valence-corrected chi connectivity index (χ2v) is 9.85. The standard InChI is InChI=1S/C20H26N4O3S2/c1-3-10-21-29(26,27)18-6-4-16(5-7-18)19(25)23-20-22-17(14-28-20)13-24-11-8-15(2)9-12-24/h3-7,14-15,21H,1,8-13H2,2H3,(H,22,23,25). The molecular formula is C20H26N4O3S2. The maximum Gasteiger partial charge on any atom is 0.257 e. The highest BCUT2D eigenvalue weighted by molar-refractivity contribution is 7.89. The van der Waals surface area contributed by atoms with Crippen LogP contribution in [-0.2, 0) is 16.6 Å². The summed E-state index contributed by atoms with van der Waals surface area (Å²) in [4.78, 5) is 19.4. The molecule has 2 aromatic rings. The van der Waals surface area contributed by atoms with Crippen LogP contribution in [0.3, 0.4) is 0 Å². The van der Waals surface area contributed by atoms with Crippen LogP contribution in [0.4, 0.5) is 5.13 Å². The number of hydrogen-bond acceptors (Lipinski definition) is 6. The monoisotopic (exact) mass is 434 g/mol. The first kappa shape index (κ1) is 21.6. The summed E-state index contributed by atoms with van der Waals surface area (Å²) in [6.07, 6.45) is 3.89. The molecule has 1 aromatic heterocycles. The average molecular weight is 435 g/mol. The number of carbonyl (C=O) groups excluding carboxylic acids is 1. The third kappa shape index (κ3) is 5.96. The lowest BCUT2D eigenvalue weighted by Crippen LogP contribution is -2.32. The molecule has 2 N–H and O–H groups in total. The van der Waals surface area contributed by atoms with E-state index in [2.05, 4.69) is 33.4 Å². The van der Waals surface area contributed by atoms with Gasteiger partial charge in [0.1, 0.15) is 0 Å². The molecule has 1 aromatic carbocycles. The normalized spacial score (nSPS) is 15.9. The summed E-state index contributed by atoms with van der Waals surface area (Å²) >= 11 is 1.39. The van der Waals surface area contributed by atoms with E-state index in [-0.39, 0.29) is 17.3 Å². The smallest absolute Gasteiger partial charge is 0.257 e. The highest BCUT2D eigenvalue weighted by atomic mass is 32.2. The minimum absolute atomic E-state index is 0.100. The number of rotatable bonds is 8. The Hall–Kier alpha value is -2.07. The van der Waals surface area contributed by atoms with Gasteiger partial charge in [-0.1, -0.05) is 13.0 Å². The van der Waals surface area contributed by atoms with Crippen molar-refractivity contribution in [3.8, 4) is 0 Å². The number of nitrogens with one attached hydrogen (secondary N) is 2. The summed E-state index contributed by atoms with van der Waals surface area (Å²) in [5, 5.41) is 5.30. The summed E-state index contributed by atoms with van der Waals surface area (Å²) in [5.41, 5.74) is 1.32. The van der Waals surface area contributed by atoms with Crippen molar-refractivity contribution in [2.75, 3.05) is 25.0 Å². The molecule has 0 spiro atoms. The molecule has 0 atom stereocenters. The van der Waals surface area contributed by atoms with Crippen LogP contribution in [0, 0.1) is 5.92 Å². The van der Waals surface area contributed by atoms with E-state index < -0.39 is 10.0 Å². The number of amides is 1. The van der Waals surface area contributed by atoms with Crippen LogP contribution in [0.5, 0.6) is 0 Å². The zero-order chi connectivity index (χ0) is 20.9. The fourth-order valence-corrected chi connectivity index (χ4v) is 4.79. The van der Waals surface area contributed by atoms with Gasteiger partial charge in [-0.3, -0.25) is 15.0 Å². The second kappa shape index (κ2) is 9.62. The van der Waals surface area contributed by atoms with Crippen molar-refractivity contribution in [1.29, 1.82) is 0 Å². The number of piperidine rings is 1. The van der Waals surface area contributed by atoms with Crippen molar-refractivity contribution in [1.82, 2.24) is 14.6 Å². The second-order valence-electron chi connectivity index (χ2n) is 7.22. The Morgan fingerprint density at radius 2 is 2.00 bits per heavy atom. The molecule has 9 heteroatoms.